The van der Waals surface area contributed by atoms with Gasteiger partial charge in [-0.1, -0.05) is 26.0 Å². The third-order valence-corrected chi connectivity index (χ3v) is 5.03. The van der Waals surface area contributed by atoms with E-state index in [0.717, 1.165) is 11.5 Å². The van der Waals surface area contributed by atoms with E-state index in [1.165, 1.54) is 12.7 Å². The Morgan fingerprint density at radius 1 is 1.32 bits per heavy atom. The summed E-state index contributed by atoms with van der Waals surface area (Å²) < 4.78 is 4.74. The zero-order chi connectivity index (χ0) is 16.1. The molecule has 1 atom stereocenters. The average molecular weight is 321 g/mol. The second-order valence-corrected chi connectivity index (χ2v) is 6.93. The molecule has 1 aromatic carbocycles. The van der Waals surface area contributed by atoms with E-state index in [9.17, 15) is 9.59 Å². The third-order valence-electron chi connectivity index (χ3n) is 3.94. The van der Waals surface area contributed by atoms with Gasteiger partial charge in [0, 0.05) is 23.6 Å². The van der Waals surface area contributed by atoms with Gasteiger partial charge in [0.2, 0.25) is 0 Å². The van der Waals surface area contributed by atoms with Crippen LogP contribution in [0, 0.1) is 0 Å². The molecule has 1 aliphatic heterocycles. The number of amides is 1. The third kappa shape index (κ3) is 4.03. The van der Waals surface area contributed by atoms with Crippen molar-refractivity contribution in [1.29, 1.82) is 0 Å². The summed E-state index contributed by atoms with van der Waals surface area (Å²) in [6, 6.07) is 7.70. The predicted molar refractivity (Wildman–Crippen MR) is 89.3 cm³/mol. The molecule has 0 N–H and O–H groups in total. The summed E-state index contributed by atoms with van der Waals surface area (Å²) in [6.45, 7) is 4.94. The molecule has 4 nitrogen and oxygen atoms in total. The monoisotopic (exact) mass is 321 g/mol. The van der Waals surface area contributed by atoms with Crippen LogP contribution < -0.4 is 0 Å². The van der Waals surface area contributed by atoms with Crippen LogP contribution in [0.25, 0.3) is 0 Å². The number of rotatable bonds is 4. The van der Waals surface area contributed by atoms with Crippen molar-refractivity contribution in [1.82, 2.24) is 4.90 Å². The number of methoxy groups -OCH3 is 1. The number of carbonyl (C=O) groups is 2. The highest BCUT2D eigenvalue weighted by Gasteiger charge is 2.29. The second-order valence-electron chi connectivity index (χ2n) is 5.78. The summed E-state index contributed by atoms with van der Waals surface area (Å²) in [4.78, 5) is 26.1. The van der Waals surface area contributed by atoms with Crippen LogP contribution in [0.3, 0.4) is 0 Å². The number of hydrogen-bond acceptors (Lipinski definition) is 4. The summed E-state index contributed by atoms with van der Waals surface area (Å²) in [7, 11) is 1.38. The van der Waals surface area contributed by atoms with E-state index >= 15 is 0 Å². The van der Waals surface area contributed by atoms with E-state index < -0.39 is 0 Å². The summed E-state index contributed by atoms with van der Waals surface area (Å²) in [5.74, 6) is 1.88. The number of ether oxygens (including phenoxy) is 1. The molecule has 2 rings (SSSR count). The van der Waals surface area contributed by atoms with Crippen LogP contribution in [-0.2, 0) is 9.53 Å². The lowest BCUT2D eigenvalue weighted by atomic mass is 10.0. The molecule has 0 unspecified atom stereocenters. The minimum atomic E-state index is -0.263. The van der Waals surface area contributed by atoms with Crippen molar-refractivity contribution in [3.05, 3.63) is 35.4 Å². The maximum absolute atomic E-state index is 12.7. The fourth-order valence-corrected chi connectivity index (χ4v) is 3.61. The minimum Gasteiger partial charge on any atom is -0.469 e. The highest BCUT2D eigenvalue weighted by Crippen LogP contribution is 2.22. The smallest absolute Gasteiger partial charge is 0.307 e. The second kappa shape index (κ2) is 7.68. The number of hydrogen-bond donors (Lipinski definition) is 0. The van der Waals surface area contributed by atoms with Crippen LogP contribution in [0.2, 0.25) is 0 Å². The zero-order valence-electron chi connectivity index (χ0n) is 13.4. The van der Waals surface area contributed by atoms with Gasteiger partial charge < -0.3 is 9.64 Å². The van der Waals surface area contributed by atoms with Gasteiger partial charge in [0.15, 0.2) is 0 Å². The predicted octanol–water partition coefficient (Wildman–Crippen LogP) is 2.93. The molecule has 5 heteroatoms. The Bertz CT molecular complexity index is 527. The van der Waals surface area contributed by atoms with E-state index in [1.807, 2.05) is 29.2 Å². The van der Waals surface area contributed by atoms with Crippen molar-refractivity contribution >= 4 is 23.6 Å². The molecule has 1 aromatic rings. The summed E-state index contributed by atoms with van der Waals surface area (Å²) >= 11 is 1.78. The first kappa shape index (κ1) is 16.9. The van der Waals surface area contributed by atoms with E-state index in [1.54, 1.807) is 11.8 Å². The Morgan fingerprint density at radius 3 is 2.59 bits per heavy atom. The van der Waals surface area contributed by atoms with Crippen LogP contribution in [0.5, 0.6) is 0 Å². The van der Waals surface area contributed by atoms with Gasteiger partial charge in [0.1, 0.15) is 0 Å². The van der Waals surface area contributed by atoms with Crippen molar-refractivity contribution in [3.8, 4) is 0 Å². The van der Waals surface area contributed by atoms with Gasteiger partial charge in [-0.25, -0.2) is 0 Å². The average Bonchev–Trinajstić information content (AvgIpc) is 2.54. The molecule has 1 amide bonds. The number of nitrogens with zero attached hydrogens (tertiary/aromatic N) is 1. The SMILES string of the molecule is COC(=O)C[C@@H]1CSCCN1C(=O)c1ccc(C(C)C)cc1. The molecule has 1 fully saturated rings. The van der Waals surface area contributed by atoms with Crippen molar-refractivity contribution in [3.63, 3.8) is 0 Å². The molecule has 0 aliphatic carbocycles. The van der Waals surface area contributed by atoms with Crippen LogP contribution >= 0.6 is 11.8 Å². The van der Waals surface area contributed by atoms with Crippen molar-refractivity contribution < 1.29 is 14.3 Å². The van der Waals surface area contributed by atoms with Gasteiger partial charge in [0.05, 0.1) is 19.6 Å². The van der Waals surface area contributed by atoms with Gasteiger partial charge in [0.25, 0.3) is 5.91 Å². The van der Waals surface area contributed by atoms with E-state index in [4.69, 9.17) is 4.74 Å². The normalized spacial score (nSPS) is 18.4. The number of carbonyl (C=O) groups excluding carboxylic acids is 2. The van der Waals surface area contributed by atoms with Gasteiger partial charge in [-0.2, -0.15) is 11.8 Å². The lowest BCUT2D eigenvalue weighted by Gasteiger charge is -2.35. The fourth-order valence-electron chi connectivity index (χ4n) is 2.54. The first-order valence-corrected chi connectivity index (χ1v) is 8.74. The lowest BCUT2D eigenvalue weighted by molar-refractivity contribution is -0.141. The Labute approximate surface area is 136 Å². The van der Waals surface area contributed by atoms with Crippen molar-refractivity contribution in [2.75, 3.05) is 25.2 Å². The number of benzene rings is 1. The first-order chi connectivity index (χ1) is 10.5. The van der Waals surface area contributed by atoms with Gasteiger partial charge in [-0.05, 0) is 23.6 Å². The summed E-state index contributed by atoms with van der Waals surface area (Å²) in [5.41, 5.74) is 1.91. The van der Waals surface area contributed by atoms with E-state index in [-0.39, 0.29) is 24.3 Å². The molecule has 1 heterocycles. The Kier molecular flexibility index (Phi) is 5.89. The highest BCUT2D eigenvalue weighted by molar-refractivity contribution is 7.99. The molecular weight excluding hydrogens is 298 g/mol. The van der Waals surface area contributed by atoms with Crippen molar-refractivity contribution in [2.24, 2.45) is 0 Å². The quantitative estimate of drug-likeness (QED) is 0.800. The topological polar surface area (TPSA) is 46.6 Å². The molecule has 22 heavy (non-hydrogen) atoms. The highest BCUT2D eigenvalue weighted by atomic mass is 32.2. The molecule has 0 spiro atoms. The van der Waals surface area contributed by atoms with Gasteiger partial charge in [-0.15, -0.1) is 0 Å². The van der Waals surface area contributed by atoms with E-state index in [0.29, 0.717) is 18.0 Å². The summed E-state index contributed by atoms with van der Waals surface area (Å²) in [5, 5.41) is 0. The lowest BCUT2D eigenvalue weighted by Crippen LogP contribution is -2.47. The minimum absolute atomic E-state index is 0.00418. The molecule has 0 aromatic heterocycles. The Balaban J connectivity index is 2.12. The largest absolute Gasteiger partial charge is 0.469 e. The maximum atomic E-state index is 12.7. The first-order valence-electron chi connectivity index (χ1n) is 7.58. The molecule has 120 valence electrons. The summed E-state index contributed by atoms with van der Waals surface area (Å²) in [6.07, 6.45) is 0.263. The van der Waals surface area contributed by atoms with Crippen LogP contribution in [0.15, 0.2) is 24.3 Å². The van der Waals surface area contributed by atoms with Gasteiger partial charge in [-0.3, -0.25) is 9.59 Å². The standard InChI is InChI=1S/C17H23NO3S/c1-12(2)13-4-6-14(7-5-13)17(20)18-8-9-22-11-15(18)10-16(19)21-3/h4-7,12,15H,8-11H2,1-3H3/t15-/m1/s1. The Hall–Kier alpha value is -1.49. The molecule has 1 saturated heterocycles. The van der Waals surface area contributed by atoms with Gasteiger partial charge >= 0.3 is 5.97 Å². The molecule has 0 radical (unpaired) electrons. The molecule has 0 saturated carbocycles. The van der Waals surface area contributed by atoms with Crippen molar-refractivity contribution in [2.45, 2.75) is 32.2 Å². The van der Waals surface area contributed by atoms with Crippen LogP contribution in [-0.4, -0.2) is 48.0 Å². The molecule has 0 bridgehead atoms. The molecule has 1 aliphatic rings. The van der Waals surface area contributed by atoms with Crippen LogP contribution in [0.1, 0.15) is 42.1 Å². The number of esters is 1. The Morgan fingerprint density at radius 2 is 2.00 bits per heavy atom. The number of thioether (sulfide) groups is 1. The molecular formula is C17H23NO3S. The zero-order valence-corrected chi connectivity index (χ0v) is 14.2. The fraction of sp³-hybridized carbons (Fsp3) is 0.529. The van der Waals surface area contributed by atoms with Crippen LogP contribution in [0.4, 0.5) is 0 Å². The maximum Gasteiger partial charge on any atom is 0.307 e. The van der Waals surface area contributed by atoms with E-state index in [2.05, 4.69) is 13.8 Å².